The van der Waals surface area contributed by atoms with E-state index in [2.05, 4.69) is 42.7 Å². The summed E-state index contributed by atoms with van der Waals surface area (Å²) in [6.45, 7) is 7.07. The number of carbonyl (C=O) groups is 1. The number of carbonyl (C=O) groups excluding carboxylic acids is 1. The quantitative estimate of drug-likeness (QED) is 0.759. The van der Waals surface area contributed by atoms with Crippen molar-refractivity contribution in [3.63, 3.8) is 0 Å². The van der Waals surface area contributed by atoms with Gasteiger partial charge in [0.05, 0.1) is 6.04 Å². The third kappa shape index (κ3) is 4.88. The minimum absolute atomic E-state index is 0.0747. The predicted octanol–water partition coefficient (Wildman–Crippen LogP) is 2.48. The lowest BCUT2D eigenvalue weighted by molar-refractivity contribution is -0.121. The van der Waals surface area contributed by atoms with Crippen LogP contribution in [0.4, 0.5) is 0 Å². The monoisotopic (exact) mass is 248 g/mol. The van der Waals surface area contributed by atoms with E-state index in [9.17, 15) is 4.79 Å². The summed E-state index contributed by atoms with van der Waals surface area (Å²) >= 11 is 0. The Bertz CT molecular complexity index is 381. The highest BCUT2D eigenvalue weighted by Gasteiger charge is 2.09. The van der Waals surface area contributed by atoms with Crippen LogP contribution in [0.15, 0.2) is 18.2 Å². The van der Waals surface area contributed by atoms with Crippen molar-refractivity contribution in [2.45, 2.75) is 39.7 Å². The molecule has 0 spiro atoms. The summed E-state index contributed by atoms with van der Waals surface area (Å²) in [6.07, 6.45) is 1.46. The second kappa shape index (κ2) is 7.17. The van der Waals surface area contributed by atoms with Gasteiger partial charge in [0.25, 0.3) is 0 Å². The fourth-order valence-electron chi connectivity index (χ4n) is 2.08. The van der Waals surface area contributed by atoms with Crippen LogP contribution in [0.3, 0.4) is 0 Å². The van der Waals surface area contributed by atoms with Gasteiger partial charge in [-0.1, -0.05) is 29.3 Å². The van der Waals surface area contributed by atoms with Crippen LogP contribution in [0.5, 0.6) is 0 Å². The van der Waals surface area contributed by atoms with E-state index in [-0.39, 0.29) is 11.9 Å². The van der Waals surface area contributed by atoms with Crippen LogP contribution in [-0.4, -0.2) is 19.5 Å². The van der Waals surface area contributed by atoms with Gasteiger partial charge in [0.1, 0.15) is 0 Å². The summed E-state index contributed by atoms with van der Waals surface area (Å²) in [6, 6.07) is 6.48. The van der Waals surface area contributed by atoms with Crippen molar-refractivity contribution in [3.8, 4) is 0 Å². The van der Waals surface area contributed by atoms with E-state index < -0.39 is 0 Å². The van der Waals surface area contributed by atoms with Crippen LogP contribution in [0, 0.1) is 13.8 Å². The van der Waals surface area contributed by atoms with Gasteiger partial charge < -0.3 is 10.6 Å². The zero-order valence-electron chi connectivity index (χ0n) is 11.8. The molecule has 18 heavy (non-hydrogen) atoms. The highest BCUT2D eigenvalue weighted by Crippen LogP contribution is 2.16. The van der Waals surface area contributed by atoms with Gasteiger partial charge in [-0.25, -0.2) is 0 Å². The lowest BCUT2D eigenvalue weighted by Gasteiger charge is -2.15. The van der Waals surface area contributed by atoms with Gasteiger partial charge in [-0.05, 0) is 46.3 Å². The Morgan fingerprint density at radius 3 is 2.39 bits per heavy atom. The number of aryl methyl sites for hydroxylation is 2. The molecule has 0 heterocycles. The van der Waals surface area contributed by atoms with E-state index in [1.54, 1.807) is 0 Å². The van der Waals surface area contributed by atoms with Crippen LogP contribution in [0.2, 0.25) is 0 Å². The van der Waals surface area contributed by atoms with Gasteiger partial charge in [-0.15, -0.1) is 0 Å². The van der Waals surface area contributed by atoms with Gasteiger partial charge in [0.15, 0.2) is 0 Å². The third-order valence-electron chi connectivity index (χ3n) is 2.95. The molecule has 3 heteroatoms. The van der Waals surface area contributed by atoms with Gasteiger partial charge in [-0.3, -0.25) is 4.79 Å². The molecule has 1 aromatic rings. The van der Waals surface area contributed by atoms with E-state index in [0.29, 0.717) is 6.42 Å². The van der Waals surface area contributed by atoms with Gasteiger partial charge in [0.2, 0.25) is 5.91 Å². The standard InChI is InChI=1S/C15H24N2O/c1-11-8-12(2)10-14(9-11)13(3)17-15(18)6-5-7-16-4/h8-10,13,16H,5-7H2,1-4H3,(H,17,18). The second-order valence-electron chi connectivity index (χ2n) is 4.92. The summed E-state index contributed by atoms with van der Waals surface area (Å²) in [5.41, 5.74) is 3.65. The predicted molar refractivity (Wildman–Crippen MR) is 75.6 cm³/mol. The normalized spacial score (nSPS) is 12.2. The lowest BCUT2D eigenvalue weighted by Crippen LogP contribution is -2.27. The first-order chi connectivity index (χ1) is 8.52. The summed E-state index contributed by atoms with van der Waals surface area (Å²) in [7, 11) is 1.90. The van der Waals surface area contributed by atoms with E-state index in [1.807, 2.05) is 14.0 Å². The Kier molecular flexibility index (Phi) is 5.86. The Balaban J connectivity index is 2.53. The van der Waals surface area contributed by atoms with Crippen molar-refractivity contribution >= 4 is 5.91 Å². The van der Waals surface area contributed by atoms with Crippen molar-refractivity contribution < 1.29 is 4.79 Å². The van der Waals surface area contributed by atoms with Crippen molar-refractivity contribution in [1.29, 1.82) is 0 Å². The van der Waals surface area contributed by atoms with Crippen molar-refractivity contribution in [3.05, 3.63) is 34.9 Å². The number of benzene rings is 1. The first kappa shape index (κ1) is 14.7. The van der Waals surface area contributed by atoms with E-state index in [0.717, 1.165) is 13.0 Å². The van der Waals surface area contributed by atoms with Crippen LogP contribution < -0.4 is 10.6 Å². The highest BCUT2D eigenvalue weighted by molar-refractivity contribution is 5.76. The van der Waals surface area contributed by atoms with Crippen molar-refractivity contribution in [2.75, 3.05) is 13.6 Å². The maximum Gasteiger partial charge on any atom is 0.220 e. The molecule has 0 saturated carbocycles. The number of nitrogens with one attached hydrogen (secondary N) is 2. The number of hydrogen-bond acceptors (Lipinski definition) is 2. The van der Waals surface area contributed by atoms with Gasteiger partial charge in [0, 0.05) is 6.42 Å². The SMILES string of the molecule is CNCCCC(=O)NC(C)c1cc(C)cc(C)c1. The smallest absolute Gasteiger partial charge is 0.220 e. The minimum atomic E-state index is 0.0747. The van der Waals surface area contributed by atoms with Crippen molar-refractivity contribution in [2.24, 2.45) is 0 Å². The Labute approximate surface area is 110 Å². The third-order valence-corrected chi connectivity index (χ3v) is 2.95. The largest absolute Gasteiger partial charge is 0.350 e. The number of amides is 1. The summed E-state index contributed by atoms with van der Waals surface area (Å²) in [5, 5.41) is 6.09. The molecular weight excluding hydrogens is 224 g/mol. The van der Waals surface area contributed by atoms with Gasteiger partial charge >= 0.3 is 0 Å². The Hall–Kier alpha value is -1.35. The van der Waals surface area contributed by atoms with E-state index in [4.69, 9.17) is 0 Å². The van der Waals surface area contributed by atoms with Crippen LogP contribution in [-0.2, 0) is 4.79 Å². The molecule has 100 valence electrons. The Morgan fingerprint density at radius 2 is 1.83 bits per heavy atom. The summed E-state index contributed by atoms with van der Waals surface area (Å²) in [4.78, 5) is 11.7. The molecule has 1 amide bonds. The maximum atomic E-state index is 11.7. The Morgan fingerprint density at radius 1 is 1.22 bits per heavy atom. The minimum Gasteiger partial charge on any atom is -0.350 e. The zero-order valence-corrected chi connectivity index (χ0v) is 11.8. The molecule has 0 aliphatic heterocycles. The van der Waals surface area contributed by atoms with E-state index >= 15 is 0 Å². The average Bonchev–Trinajstić information content (AvgIpc) is 2.28. The van der Waals surface area contributed by atoms with E-state index in [1.165, 1.54) is 16.7 Å². The number of hydrogen-bond donors (Lipinski definition) is 2. The second-order valence-corrected chi connectivity index (χ2v) is 4.92. The summed E-state index contributed by atoms with van der Waals surface area (Å²) in [5.74, 6) is 0.122. The molecule has 1 atom stereocenters. The van der Waals surface area contributed by atoms with Crippen LogP contribution in [0.1, 0.15) is 42.5 Å². The lowest BCUT2D eigenvalue weighted by atomic mass is 10.0. The zero-order chi connectivity index (χ0) is 13.5. The molecule has 0 bridgehead atoms. The fourth-order valence-corrected chi connectivity index (χ4v) is 2.08. The molecule has 3 nitrogen and oxygen atoms in total. The molecule has 0 saturated heterocycles. The van der Waals surface area contributed by atoms with Gasteiger partial charge in [-0.2, -0.15) is 0 Å². The molecular formula is C15H24N2O. The van der Waals surface area contributed by atoms with Crippen LogP contribution >= 0.6 is 0 Å². The maximum absolute atomic E-state index is 11.7. The molecule has 1 aromatic carbocycles. The topological polar surface area (TPSA) is 41.1 Å². The molecule has 0 aliphatic carbocycles. The summed E-state index contributed by atoms with van der Waals surface area (Å²) < 4.78 is 0. The highest BCUT2D eigenvalue weighted by atomic mass is 16.1. The average molecular weight is 248 g/mol. The molecule has 1 rings (SSSR count). The molecule has 1 unspecified atom stereocenters. The molecule has 0 radical (unpaired) electrons. The van der Waals surface area contributed by atoms with Crippen LogP contribution in [0.25, 0.3) is 0 Å². The fraction of sp³-hybridized carbons (Fsp3) is 0.533. The molecule has 0 fully saturated rings. The molecule has 0 aliphatic rings. The van der Waals surface area contributed by atoms with Crippen molar-refractivity contribution in [1.82, 2.24) is 10.6 Å². The molecule has 0 aromatic heterocycles. The molecule has 2 N–H and O–H groups in total. The first-order valence-electron chi connectivity index (χ1n) is 6.55. The first-order valence-corrected chi connectivity index (χ1v) is 6.55. The number of rotatable bonds is 6.